The van der Waals surface area contributed by atoms with Crippen molar-refractivity contribution in [1.29, 1.82) is 0 Å². The standard InChI is InChI=1S/C18H21ClN2O3S/c1-3-4-11-20-25(23,24)16-9-6-14(7-10-16)18(22)21-15-8-5-13(2)17(19)12-15/h5-10,12,20H,3-4,11H2,1-2H3,(H,21,22). The molecular formula is C18H21ClN2O3S. The number of aryl methyl sites for hydroxylation is 1. The van der Waals surface area contributed by atoms with Crippen LogP contribution in [-0.2, 0) is 10.0 Å². The third kappa shape index (κ3) is 5.29. The molecule has 0 unspecified atom stereocenters. The number of hydrogen-bond acceptors (Lipinski definition) is 3. The van der Waals surface area contributed by atoms with Gasteiger partial charge < -0.3 is 5.32 Å². The smallest absolute Gasteiger partial charge is 0.255 e. The molecule has 5 nitrogen and oxygen atoms in total. The molecule has 0 saturated carbocycles. The molecule has 0 fully saturated rings. The van der Waals surface area contributed by atoms with Crippen molar-refractivity contribution in [3.05, 3.63) is 58.6 Å². The summed E-state index contributed by atoms with van der Waals surface area (Å²) < 4.78 is 26.8. The van der Waals surface area contributed by atoms with Crippen LogP contribution in [0.3, 0.4) is 0 Å². The van der Waals surface area contributed by atoms with Crippen LogP contribution in [0.5, 0.6) is 0 Å². The first-order chi connectivity index (χ1) is 11.8. The quantitative estimate of drug-likeness (QED) is 0.713. The van der Waals surface area contributed by atoms with Crippen LogP contribution in [0.15, 0.2) is 47.4 Å². The van der Waals surface area contributed by atoms with Crippen LogP contribution >= 0.6 is 11.6 Å². The maximum Gasteiger partial charge on any atom is 0.255 e. The second-order valence-corrected chi connectivity index (χ2v) is 7.87. The summed E-state index contributed by atoms with van der Waals surface area (Å²) in [6, 6.07) is 11.1. The highest BCUT2D eigenvalue weighted by Gasteiger charge is 2.14. The summed E-state index contributed by atoms with van der Waals surface area (Å²) in [5.41, 5.74) is 1.87. The summed E-state index contributed by atoms with van der Waals surface area (Å²) in [5, 5.41) is 3.30. The third-order valence-corrected chi connectivity index (χ3v) is 5.56. The Hall–Kier alpha value is -1.89. The molecule has 1 amide bonds. The van der Waals surface area contributed by atoms with Crippen LogP contribution in [0, 0.1) is 6.92 Å². The van der Waals surface area contributed by atoms with Gasteiger partial charge in [-0.25, -0.2) is 13.1 Å². The Morgan fingerprint density at radius 1 is 1.12 bits per heavy atom. The van der Waals surface area contributed by atoms with Gasteiger partial charge in [-0.1, -0.05) is 31.0 Å². The van der Waals surface area contributed by atoms with E-state index in [4.69, 9.17) is 11.6 Å². The van der Waals surface area contributed by atoms with E-state index in [9.17, 15) is 13.2 Å². The zero-order chi connectivity index (χ0) is 18.4. The second-order valence-electron chi connectivity index (χ2n) is 5.69. The van der Waals surface area contributed by atoms with E-state index in [1.165, 1.54) is 24.3 Å². The predicted molar refractivity (Wildman–Crippen MR) is 101 cm³/mol. The van der Waals surface area contributed by atoms with Crippen molar-refractivity contribution >= 4 is 33.2 Å². The van der Waals surface area contributed by atoms with Crippen LogP contribution in [0.4, 0.5) is 5.69 Å². The Kier molecular flexibility index (Phi) is 6.58. The van der Waals surface area contributed by atoms with E-state index in [1.54, 1.807) is 12.1 Å². The van der Waals surface area contributed by atoms with Crippen molar-refractivity contribution in [2.75, 3.05) is 11.9 Å². The van der Waals surface area contributed by atoms with Crippen LogP contribution < -0.4 is 10.0 Å². The van der Waals surface area contributed by atoms with Gasteiger partial charge in [-0.3, -0.25) is 4.79 Å². The Morgan fingerprint density at radius 2 is 1.80 bits per heavy atom. The number of nitrogens with one attached hydrogen (secondary N) is 2. The van der Waals surface area contributed by atoms with E-state index in [-0.39, 0.29) is 10.8 Å². The lowest BCUT2D eigenvalue weighted by Gasteiger charge is -2.09. The number of sulfonamides is 1. The summed E-state index contributed by atoms with van der Waals surface area (Å²) >= 11 is 6.04. The summed E-state index contributed by atoms with van der Waals surface area (Å²) in [7, 11) is -3.54. The first-order valence-corrected chi connectivity index (χ1v) is 9.87. The molecule has 2 rings (SSSR count). The van der Waals surface area contributed by atoms with Crippen molar-refractivity contribution in [3.63, 3.8) is 0 Å². The third-order valence-electron chi connectivity index (χ3n) is 3.68. The Bertz CT molecular complexity index is 849. The number of halogens is 1. The molecule has 0 atom stereocenters. The van der Waals surface area contributed by atoms with Gasteiger partial charge in [-0.15, -0.1) is 0 Å². The fourth-order valence-corrected chi connectivity index (χ4v) is 3.38. The Morgan fingerprint density at radius 3 is 2.40 bits per heavy atom. The van der Waals surface area contributed by atoms with Crippen LogP contribution in [0.1, 0.15) is 35.7 Å². The van der Waals surface area contributed by atoms with Crippen LogP contribution in [0.25, 0.3) is 0 Å². The average molecular weight is 381 g/mol. The number of unbranched alkanes of at least 4 members (excludes halogenated alkanes) is 1. The zero-order valence-electron chi connectivity index (χ0n) is 14.2. The molecule has 0 aliphatic carbocycles. The molecule has 0 bridgehead atoms. The van der Waals surface area contributed by atoms with E-state index in [2.05, 4.69) is 10.0 Å². The molecule has 0 heterocycles. The number of benzene rings is 2. The molecule has 0 saturated heterocycles. The lowest BCUT2D eigenvalue weighted by molar-refractivity contribution is 0.102. The lowest BCUT2D eigenvalue weighted by atomic mass is 10.2. The lowest BCUT2D eigenvalue weighted by Crippen LogP contribution is -2.24. The first-order valence-electron chi connectivity index (χ1n) is 8.00. The molecule has 0 aliphatic heterocycles. The number of anilines is 1. The normalized spacial score (nSPS) is 11.3. The van der Waals surface area contributed by atoms with E-state index in [1.807, 2.05) is 19.9 Å². The van der Waals surface area contributed by atoms with Gasteiger partial charge in [0.2, 0.25) is 10.0 Å². The van der Waals surface area contributed by atoms with E-state index >= 15 is 0 Å². The monoisotopic (exact) mass is 380 g/mol. The zero-order valence-corrected chi connectivity index (χ0v) is 15.7. The maximum absolute atomic E-state index is 12.3. The van der Waals surface area contributed by atoms with Crippen molar-refractivity contribution in [2.24, 2.45) is 0 Å². The molecule has 134 valence electrons. The number of carbonyl (C=O) groups is 1. The number of rotatable bonds is 7. The molecule has 0 spiro atoms. The molecule has 2 aromatic carbocycles. The number of carbonyl (C=O) groups excluding carboxylic acids is 1. The second kappa shape index (κ2) is 8.47. The highest BCUT2D eigenvalue weighted by Crippen LogP contribution is 2.20. The SMILES string of the molecule is CCCCNS(=O)(=O)c1ccc(C(=O)Nc2ccc(C)c(Cl)c2)cc1. The molecule has 2 aromatic rings. The average Bonchev–Trinajstić information content (AvgIpc) is 2.58. The highest BCUT2D eigenvalue weighted by atomic mass is 35.5. The molecule has 0 aromatic heterocycles. The molecule has 7 heteroatoms. The Balaban J connectivity index is 2.08. The van der Waals surface area contributed by atoms with Gasteiger partial charge in [0.15, 0.2) is 0 Å². The van der Waals surface area contributed by atoms with Gasteiger partial charge in [0, 0.05) is 22.8 Å². The van der Waals surface area contributed by atoms with E-state index in [0.29, 0.717) is 22.8 Å². The minimum Gasteiger partial charge on any atom is -0.322 e. The summed E-state index contributed by atoms with van der Waals surface area (Å²) in [6.07, 6.45) is 1.68. The highest BCUT2D eigenvalue weighted by molar-refractivity contribution is 7.89. The summed E-state index contributed by atoms with van der Waals surface area (Å²) in [5.74, 6) is -0.331. The Labute approximate surface area is 153 Å². The van der Waals surface area contributed by atoms with Crippen LogP contribution in [-0.4, -0.2) is 20.9 Å². The maximum atomic E-state index is 12.3. The topological polar surface area (TPSA) is 75.3 Å². The molecular weight excluding hydrogens is 360 g/mol. The largest absolute Gasteiger partial charge is 0.322 e. The minimum absolute atomic E-state index is 0.138. The molecule has 0 aliphatic rings. The van der Waals surface area contributed by atoms with Crippen molar-refractivity contribution < 1.29 is 13.2 Å². The first kappa shape index (κ1) is 19.4. The van der Waals surface area contributed by atoms with E-state index < -0.39 is 10.0 Å². The summed E-state index contributed by atoms with van der Waals surface area (Å²) in [6.45, 7) is 4.26. The fourth-order valence-electron chi connectivity index (χ4n) is 2.13. The molecule has 2 N–H and O–H groups in total. The summed E-state index contributed by atoms with van der Waals surface area (Å²) in [4.78, 5) is 12.4. The van der Waals surface area contributed by atoms with Crippen molar-refractivity contribution in [1.82, 2.24) is 4.72 Å². The van der Waals surface area contributed by atoms with Crippen molar-refractivity contribution in [3.8, 4) is 0 Å². The van der Waals surface area contributed by atoms with Gasteiger partial charge in [-0.05, 0) is 55.3 Å². The van der Waals surface area contributed by atoms with Crippen molar-refractivity contribution in [2.45, 2.75) is 31.6 Å². The molecule has 25 heavy (non-hydrogen) atoms. The number of hydrogen-bond donors (Lipinski definition) is 2. The minimum atomic E-state index is -3.54. The van der Waals surface area contributed by atoms with Gasteiger partial charge in [0.1, 0.15) is 0 Å². The fraction of sp³-hybridized carbons (Fsp3) is 0.278. The van der Waals surface area contributed by atoms with Gasteiger partial charge >= 0.3 is 0 Å². The van der Waals surface area contributed by atoms with E-state index in [0.717, 1.165) is 18.4 Å². The predicted octanol–water partition coefficient (Wildman–Crippen LogP) is 3.98. The number of amides is 1. The van der Waals surface area contributed by atoms with Crippen LogP contribution in [0.2, 0.25) is 5.02 Å². The van der Waals surface area contributed by atoms with Gasteiger partial charge in [-0.2, -0.15) is 0 Å². The van der Waals surface area contributed by atoms with Gasteiger partial charge in [0.05, 0.1) is 4.90 Å². The van der Waals surface area contributed by atoms with Gasteiger partial charge in [0.25, 0.3) is 5.91 Å². The molecule has 0 radical (unpaired) electrons.